The van der Waals surface area contributed by atoms with E-state index in [1.54, 1.807) is 0 Å². The molecule has 7 heteroatoms. The fourth-order valence-electron chi connectivity index (χ4n) is 2.32. The van der Waals surface area contributed by atoms with Crippen LogP contribution in [0.2, 0.25) is 0 Å². The zero-order chi connectivity index (χ0) is 12.3. The van der Waals surface area contributed by atoms with Crippen LogP contribution >= 0.6 is 21.2 Å². The number of rotatable bonds is 5. The number of amides is 2. The molecule has 2 aliphatic rings. The zero-order valence-corrected chi connectivity index (χ0v) is 11.4. The van der Waals surface area contributed by atoms with Crippen molar-refractivity contribution >= 4 is 33.2 Å². The van der Waals surface area contributed by atoms with Gasteiger partial charge in [0.1, 0.15) is 0 Å². The highest BCUT2D eigenvalue weighted by atomic mass is 32.2. The molecule has 2 rings (SSSR count). The minimum Gasteiger partial charge on any atom is -0.452 e. The lowest BCUT2D eigenvalue weighted by Gasteiger charge is -2.16. The van der Waals surface area contributed by atoms with Gasteiger partial charge in [-0.3, -0.25) is 4.79 Å². The molecule has 0 aromatic carbocycles. The Morgan fingerprint density at radius 1 is 1.47 bits per heavy atom. The summed E-state index contributed by atoms with van der Waals surface area (Å²) in [5, 5.41) is 6.35. The lowest BCUT2D eigenvalue weighted by molar-refractivity contribution is -0.133. The van der Waals surface area contributed by atoms with Gasteiger partial charge in [-0.05, 0) is 12.8 Å². The third kappa shape index (κ3) is 3.26. The number of carbonyl (C=O) groups is 2. The van der Waals surface area contributed by atoms with Gasteiger partial charge in [-0.2, -0.15) is 11.8 Å². The number of hydrogen-bond acceptors (Lipinski definition) is 4. The molecule has 2 fully saturated rings. The van der Waals surface area contributed by atoms with Gasteiger partial charge < -0.3 is 15.2 Å². The van der Waals surface area contributed by atoms with Crippen molar-refractivity contribution in [3.8, 4) is 0 Å². The van der Waals surface area contributed by atoms with Crippen molar-refractivity contribution in [3.63, 3.8) is 0 Å². The van der Waals surface area contributed by atoms with E-state index in [-0.39, 0.29) is 24.1 Å². The SMILES string of the molecule is O=C1N[C@@H]2[C@@H](CS[C@@H]2CCCCC(=O)OP)N1. The summed E-state index contributed by atoms with van der Waals surface area (Å²) in [5.74, 6) is 0.810. The van der Waals surface area contributed by atoms with E-state index in [0.29, 0.717) is 11.7 Å². The van der Waals surface area contributed by atoms with Crippen molar-refractivity contribution in [2.45, 2.75) is 43.0 Å². The van der Waals surface area contributed by atoms with Crippen molar-refractivity contribution in [1.82, 2.24) is 10.6 Å². The third-order valence-electron chi connectivity index (χ3n) is 3.19. The Hall–Kier alpha value is -0.480. The van der Waals surface area contributed by atoms with E-state index in [0.717, 1.165) is 25.0 Å². The number of thioether (sulfide) groups is 1. The molecule has 0 bridgehead atoms. The highest BCUT2D eigenvalue weighted by Gasteiger charge is 2.42. The van der Waals surface area contributed by atoms with Crippen molar-refractivity contribution < 1.29 is 14.1 Å². The maximum atomic E-state index is 11.2. The van der Waals surface area contributed by atoms with Gasteiger partial charge in [0, 0.05) is 17.4 Å². The molecule has 17 heavy (non-hydrogen) atoms. The van der Waals surface area contributed by atoms with E-state index >= 15 is 0 Å². The first-order valence-corrected chi connectivity index (χ1v) is 7.31. The Bertz CT molecular complexity index is 316. The first-order chi connectivity index (χ1) is 8.20. The largest absolute Gasteiger partial charge is 0.452 e. The second-order valence-corrected chi connectivity index (χ2v) is 5.87. The minimum atomic E-state index is -0.178. The molecular weight excluding hydrogens is 259 g/mol. The number of urea groups is 1. The van der Waals surface area contributed by atoms with E-state index in [2.05, 4.69) is 15.2 Å². The van der Waals surface area contributed by atoms with E-state index < -0.39 is 0 Å². The standard InChI is InChI=1S/C10H17N2O3PS/c13-8(15-16)4-2-1-3-7-9-6(5-17-7)11-10(14)12-9/h6-7,9H,1-5,16H2,(H2,11,12,14)/t6-,7-,9-/m1/s1. The molecule has 0 radical (unpaired) electrons. The molecular formula is C10H17N2O3PS. The summed E-state index contributed by atoms with van der Waals surface area (Å²) in [6, 6.07) is 0.507. The maximum Gasteiger partial charge on any atom is 0.315 e. The summed E-state index contributed by atoms with van der Waals surface area (Å²) in [5.41, 5.74) is 0. The van der Waals surface area contributed by atoms with Gasteiger partial charge in [-0.25, -0.2) is 4.79 Å². The molecule has 0 aliphatic carbocycles. The van der Waals surface area contributed by atoms with Crippen LogP contribution < -0.4 is 10.6 Å². The van der Waals surface area contributed by atoms with E-state index in [1.807, 2.05) is 21.2 Å². The number of unbranched alkanes of at least 4 members (excludes halogenated alkanes) is 1. The Morgan fingerprint density at radius 3 is 3.06 bits per heavy atom. The first-order valence-electron chi connectivity index (χ1n) is 5.79. The number of hydrogen-bond donors (Lipinski definition) is 2. The van der Waals surface area contributed by atoms with Gasteiger partial charge in [0.15, 0.2) is 0 Å². The van der Waals surface area contributed by atoms with Crippen molar-refractivity contribution in [1.29, 1.82) is 0 Å². The van der Waals surface area contributed by atoms with Crippen LogP contribution in [0, 0.1) is 0 Å². The van der Waals surface area contributed by atoms with Gasteiger partial charge in [-0.15, -0.1) is 0 Å². The second kappa shape index (κ2) is 5.91. The fraction of sp³-hybridized carbons (Fsp3) is 0.800. The molecule has 0 aromatic heterocycles. The molecule has 0 spiro atoms. The summed E-state index contributed by atoms with van der Waals surface area (Å²) in [6.45, 7) is 0. The zero-order valence-electron chi connectivity index (χ0n) is 9.48. The molecule has 0 aromatic rings. The maximum absolute atomic E-state index is 11.2. The molecule has 2 saturated heterocycles. The van der Waals surface area contributed by atoms with Crippen LogP contribution in [0.4, 0.5) is 4.79 Å². The fourth-order valence-corrected chi connectivity index (χ4v) is 3.98. The molecule has 96 valence electrons. The van der Waals surface area contributed by atoms with Gasteiger partial charge in [0.25, 0.3) is 0 Å². The number of fused-ring (bicyclic) bond motifs is 1. The average molecular weight is 276 g/mol. The summed E-state index contributed by atoms with van der Waals surface area (Å²) >= 11 is 1.90. The summed E-state index contributed by atoms with van der Waals surface area (Å²) in [4.78, 5) is 22.1. The third-order valence-corrected chi connectivity index (χ3v) is 4.96. The van der Waals surface area contributed by atoms with E-state index in [1.165, 1.54) is 0 Å². The van der Waals surface area contributed by atoms with Crippen molar-refractivity contribution in [2.24, 2.45) is 0 Å². The van der Waals surface area contributed by atoms with Crippen LogP contribution in [0.15, 0.2) is 0 Å². The molecule has 2 N–H and O–H groups in total. The lowest BCUT2D eigenvalue weighted by Crippen LogP contribution is -2.36. The molecule has 2 aliphatic heterocycles. The average Bonchev–Trinajstić information content (AvgIpc) is 2.84. The van der Waals surface area contributed by atoms with Crippen molar-refractivity contribution in [2.75, 3.05) is 5.75 Å². The molecule has 2 heterocycles. The van der Waals surface area contributed by atoms with Crippen LogP contribution in [0.25, 0.3) is 0 Å². The van der Waals surface area contributed by atoms with Crippen LogP contribution in [0.1, 0.15) is 25.7 Å². The lowest BCUT2D eigenvalue weighted by atomic mass is 10.0. The summed E-state index contributed by atoms with van der Waals surface area (Å²) in [7, 11) is 1.97. The van der Waals surface area contributed by atoms with Crippen LogP contribution in [0.5, 0.6) is 0 Å². The highest BCUT2D eigenvalue weighted by Crippen LogP contribution is 2.33. The van der Waals surface area contributed by atoms with Crippen molar-refractivity contribution in [3.05, 3.63) is 0 Å². The summed E-state index contributed by atoms with van der Waals surface area (Å²) < 4.78 is 4.51. The molecule has 0 saturated carbocycles. The van der Waals surface area contributed by atoms with E-state index in [4.69, 9.17) is 0 Å². The van der Waals surface area contributed by atoms with Crippen LogP contribution in [-0.2, 0) is 9.32 Å². The Morgan fingerprint density at radius 2 is 2.29 bits per heavy atom. The predicted octanol–water partition coefficient (Wildman–Crippen LogP) is 1.05. The molecule has 4 atom stereocenters. The Balaban J connectivity index is 1.66. The monoisotopic (exact) mass is 276 g/mol. The molecule has 2 amide bonds. The van der Waals surface area contributed by atoms with Gasteiger partial charge in [0.05, 0.1) is 21.6 Å². The smallest absolute Gasteiger partial charge is 0.315 e. The second-order valence-electron chi connectivity index (χ2n) is 4.36. The highest BCUT2D eigenvalue weighted by molar-refractivity contribution is 8.00. The van der Waals surface area contributed by atoms with Gasteiger partial charge in [-0.1, -0.05) is 6.42 Å². The quantitative estimate of drug-likeness (QED) is 0.447. The van der Waals surface area contributed by atoms with E-state index in [9.17, 15) is 9.59 Å². The Labute approximate surface area is 107 Å². The first kappa shape index (κ1) is 13.0. The summed E-state index contributed by atoms with van der Waals surface area (Å²) in [6.07, 6.45) is 3.36. The predicted molar refractivity (Wildman–Crippen MR) is 69.8 cm³/mol. The number of nitrogens with one attached hydrogen (secondary N) is 2. The van der Waals surface area contributed by atoms with Gasteiger partial charge >= 0.3 is 12.0 Å². The topological polar surface area (TPSA) is 67.4 Å². The molecule has 1 unspecified atom stereocenters. The normalized spacial score (nSPS) is 30.6. The Kier molecular flexibility index (Phi) is 4.51. The van der Waals surface area contributed by atoms with Crippen LogP contribution in [0.3, 0.4) is 0 Å². The minimum absolute atomic E-state index is 0.0446. The number of carbonyl (C=O) groups excluding carboxylic acids is 2. The van der Waals surface area contributed by atoms with Crippen LogP contribution in [-0.4, -0.2) is 35.1 Å². The van der Waals surface area contributed by atoms with Gasteiger partial charge in [0.2, 0.25) is 0 Å². The molecule has 5 nitrogen and oxygen atoms in total.